The van der Waals surface area contributed by atoms with Gasteiger partial charge in [0, 0.05) is 63.5 Å². The summed E-state index contributed by atoms with van der Waals surface area (Å²) in [6.07, 6.45) is 1.91. The van der Waals surface area contributed by atoms with Gasteiger partial charge < -0.3 is 10.2 Å². The van der Waals surface area contributed by atoms with Gasteiger partial charge in [0.05, 0.1) is 5.41 Å². The summed E-state index contributed by atoms with van der Waals surface area (Å²) in [4.78, 5) is 34.2. The molecule has 4 atom stereocenters. The molecule has 4 aliphatic heterocycles. The van der Waals surface area contributed by atoms with Crippen LogP contribution in [0.1, 0.15) is 22.6 Å². The van der Waals surface area contributed by atoms with Crippen LogP contribution in [0, 0.1) is 5.41 Å². The summed E-state index contributed by atoms with van der Waals surface area (Å²) in [5, 5.41) is 4.39. The molecule has 4 heterocycles. The second-order valence-corrected chi connectivity index (χ2v) is 12.7. The number of ketones is 1. The molecule has 0 aromatic heterocycles. The SMILES string of the molecule is CN1C/C(=C\c2ccccc2Cl)C(=O)[C@]2(C1)[C@@H](c1ccccc1Cl)[C@@H]1CSCN1[C@@]21C(=O)Nc2ccccc21. The molecular formula is C31H27Cl2N3O2S. The third-order valence-corrected chi connectivity index (χ3v) is 10.7. The zero-order valence-corrected chi connectivity index (χ0v) is 23.7. The van der Waals surface area contributed by atoms with Crippen LogP contribution in [0.5, 0.6) is 0 Å². The maximum absolute atomic E-state index is 15.3. The van der Waals surface area contributed by atoms with Crippen molar-refractivity contribution in [2.24, 2.45) is 5.41 Å². The Labute approximate surface area is 242 Å². The molecule has 3 aromatic carbocycles. The fourth-order valence-corrected chi connectivity index (χ4v) is 9.42. The molecule has 0 aliphatic carbocycles. The van der Waals surface area contributed by atoms with Crippen molar-refractivity contribution in [2.75, 3.05) is 37.1 Å². The third kappa shape index (κ3) is 3.36. The van der Waals surface area contributed by atoms with E-state index < -0.39 is 11.0 Å². The molecule has 1 amide bonds. The van der Waals surface area contributed by atoms with Gasteiger partial charge in [-0.15, -0.1) is 11.8 Å². The number of rotatable bonds is 2. The third-order valence-electron chi connectivity index (χ3n) is 8.94. The van der Waals surface area contributed by atoms with E-state index in [9.17, 15) is 4.79 Å². The van der Waals surface area contributed by atoms with Gasteiger partial charge in [0.1, 0.15) is 5.54 Å². The zero-order chi connectivity index (χ0) is 26.9. The number of nitrogens with zero attached hydrogens (tertiary/aromatic N) is 2. The summed E-state index contributed by atoms with van der Waals surface area (Å²) in [5.41, 5.74) is 1.73. The standard InChI is InChI=1S/C31H27Cl2N3O2S/c1-35-15-20(14-19-8-2-5-11-23(19)32)28(37)30(17-35)27(21-9-3-6-12-24(21)33)26-16-39-18-36(26)31(30)22-10-4-7-13-25(22)34-29(31)38/h2-14,26-27H,15-18H2,1H3,(H,34,38)/b20-14+/t26-,27-,30-,31-/m0/s1. The highest BCUT2D eigenvalue weighted by atomic mass is 35.5. The van der Waals surface area contributed by atoms with E-state index in [0.717, 1.165) is 28.1 Å². The normalized spacial score (nSPS) is 31.3. The number of anilines is 1. The van der Waals surface area contributed by atoms with Crippen LogP contribution in [0.2, 0.25) is 10.0 Å². The summed E-state index contributed by atoms with van der Waals surface area (Å²) in [7, 11) is 2.03. The lowest BCUT2D eigenvalue weighted by Crippen LogP contribution is -2.65. The Morgan fingerprint density at radius 2 is 1.69 bits per heavy atom. The number of fused-ring (bicyclic) bond motifs is 5. The van der Waals surface area contributed by atoms with Gasteiger partial charge in [0.25, 0.3) is 5.91 Å². The summed E-state index contributed by atoms with van der Waals surface area (Å²) in [6.45, 7) is 0.904. The summed E-state index contributed by atoms with van der Waals surface area (Å²) in [6, 6.07) is 23.2. The number of likely N-dealkylation sites (tertiary alicyclic amines) is 1. The quantitative estimate of drug-likeness (QED) is 0.386. The van der Waals surface area contributed by atoms with Crippen molar-refractivity contribution in [3.05, 3.63) is 105 Å². The smallest absolute Gasteiger partial charge is 0.250 e. The number of carbonyl (C=O) groups is 2. The highest BCUT2D eigenvalue weighted by Gasteiger charge is 2.78. The van der Waals surface area contributed by atoms with Crippen LogP contribution in [0.25, 0.3) is 6.08 Å². The lowest BCUT2D eigenvalue weighted by Gasteiger charge is -2.51. The molecule has 1 N–H and O–H groups in total. The Hall–Kier alpha value is -2.61. The molecule has 0 radical (unpaired) electrons. The second kappa shape index (κ2) is 9.22. The molecule has 0 saturated carbocycles. The van der Waals surface area contributed by atoms with Gasteiger partial charge in [-0.3, -0.25) is 14.5 Å². The average molecular weight is 577 g/mol. The predicted molar refractivity (Wildman–Crippen MR) is 158 cm³/mol. The van der Waals surface area contributed by atoms with Crippen molar-refractivity contribution < 1.29 is 9.59 Å². The number of hydrogen-bond donors (Lipinski definition) is 1. The summed E-state index contributed by atoms with van der Waals surface area (Å²) < 4.78 is 0. The number of halogens is 2. The van der Waals surface area contributed by atoms with Gasteiger partial charge >= 0.3 is 0 Å². The van der Waals surface area contributed by atoms with E-state index in [0.29, 0.717) is 34.6 Å². The first-order valence-electron chi connectivity index (χ1n) is 13.1. The minimum Gasteiger partial charge on any atom is -0.324 e. The van der Waals surface area contributed by atoms with Gasteiger partial charge in [-0.05, 0) is 42.4 Å². The molecule has 0 unspecified atom stereocenters. The van der Waals surface area contributed by atoms with Crippen LogP contribution in [0.4, 0.5) is 5.69 Å². The van der Waals surface area contributed by atoms with Gasteiger partial charge in [-0.2, -0.15) is 0 Å². The molecule has 7 rings (SSSR count). The maximum Gasteiger partial charge on any atom is 0.250 e. The van der Waals surface area contributed by atoms with Crippen molar-refractivity contribution in [1.29, 1.82) is 0 Å². The van der Waals surface area contributed by atoms with E-state index in [4.69, 9.17) is 23.2 Å². The molecule has 3 saturated heterocycles. The average Bonchev–Trinajstić information content (AvgIpc) is 3.57. The van der Waals surface area contributed by atoms with Crippen molar-refractivity contribution in [3.8, 4) is 0 Å². The summed E-state index contributed by atoms with van der Waals surface area (Å²) >= 11 is 15.3. The number of amides is 1. The fourth-order valence-electron chi connectivity index (χ4n) is 7.67. The minimum atomic E-state index is -1.17. The minimum absolute atomic E-state index is 0.00306. The first-order valence-corrected chi connectivity index (χ1v) is 15.0. The number of thioether (sulfide) groups is 1. The van der Waals surface area contributed by atoms with E-state index in [-0.39, 0.29) is 23.7 Å². The van der Waals surface area contributed by atoms with E-state index in [1.165, 1.54) is 0 Å². The van der Waals surface area contributed by atoms with Gasteiger partial charge in [0.2, 0.25) is 0 Å². The Bertz CT molecular complexity index is 1560. The molecule has 39 heavy (non-hydrogen) atoms. The Morgan fingerprint density at radius 3 is 2.49 bits per heavy atom. The highest BCUT2D eigenvalue weighted by molar-refractivity contribution is 7.99. The molecule has 198 valence electrons. The monoisotopic (exact) mass is 575 g/mol. The van der Waals surface area contributed by atoms with E-state index in [1.807, 2.05) is 97.7 Å². The van der Waals surface area contributed by atoms with Crippen LogP contribution in [0.3, 0.4) is 0 Å². The number of para-hydroxylation sites is 1. The number of hydrogen-bond acceptors (Lipinski definition) is 5. The van der Waals surface area contributed by atoms with E-state index in [2.05, 4.69) is 15.1 Å². The van der Waals surface area contributed by atoms with Gasteiger partial charge in [-0.1, -0.05) is 77.8 Å². The molecule has 2 spiro atoms. The van der Waals surface area contributed by atoms with Crippen molar-refractivity contribution >= 4 is 58.4 Å². The van der Waals surface area contributed by atoms with Crippen molar-refractivity contribution in [3.63, 3.8) is 0 Å². The first-order chi connectivity index (χ1) is 18.9. The summed E-state index contributed by atoms with van der Waals surface area (Å²) in [5.74, 6) is 1.05. The maximum atomic E-state index is 15.3. The first kappa shape index (κ1) is 25.4. The Balaban J connectivity index is 1.55. The van der Waals surface area contributed by atoms with Crippen LogP contribution in [-0.4, -0.2) is 59.3 Å². The molecule has 3 aromatic rings. The molecule has 0 bridgehead atoms. The number of benzene rings is 3. The molecule has 8 heteroatoms. The number of likely N-dealkylation sites (N-methyl/N-ethyl adjacent to an activating group) is 1. The predicted octanol–water partition coefficient (Wildman–Crippen LogP) is 5.90. The second-order valence-electron chi connectivity index (χ2n) is 10.9. The van der Waals surface area contributed by atoms with Crippen molar-refractivity contribution in [1.82, 2.24) is 9.80 Å². The Kier molecular flexibility index (Phi) is 5.99. The number of Topliss-reactive ketones (excluding diaryl/α,β-unsaturated/α-hetero) is 1. The molecule has 5 nitrogen and oxygen atoms in total. The lowest BCUT2D eigenvalue weighted by atomic mass is 9.55. The van der Waals surface area contributed by atoms with Crippen LogP contribution >= 0.6 is 35.0 Å². The van der Waals surface area contributed by atoms with Crippen LogP contribution in [-0.2, 0) is 15.1 Å². The van der Waals surface area contributed by atoms with Crippen molar-refractivity contribution in [2.45, 2.75) is 17.5 Å². The molecule has 4 aliphatic rings. The molecule has 3 fully saturated rings. The zero-order valence-electron chi connectivity index (χ0n) is 21.4. The largest absolute Gasteiger partial charge is 0.324 e. The number of carbonyl (C=O) groups excluding carboxylic acids is 2. The van der Waals surface area contributed by atoms with Crippen LogP contribution in [0.15, 0.2) is 78.4 Å². The Morgan fingerprint density at radius 1 is 0.974 bits per heavy atom. The van der Waals surface area contributed by atoms with Gasteiger partial charge in [-0.25, -0.2) is 0 Å². The number of nitrogens with one attached hydrogen (secondary N) is 1. The topological polar surface area (TPSA) is 52.7 Å². The van der Waals surface area contributed by atoms with Gasteiger partial charge in [0.15, 0.2) is 5.78 Å². The number of piperidine rings is 1. The fraction of sp³-hybridized carbons (Fsp3) is 0.290. The van der Waals surface area contributed by atoms with E-state index >= 15 is 4.79 Å². The van der Waals surface area contributed by atoms with E-state index in [1.54, 1.807) is 0 Å². The van der Waals surface area contributed by atoms with Crippen LogP contribution < -0.4 is 5.32 Å². The highest BCUT2D eigenvalue weighted by Crippen LogP contribution is 2.69. The lowest BCUT2D eigenvalue weighted by molar-refractivity contribution is -0.146. The molecular weight excluding hydrogens is 549 g/mol.